The molecule has 2 saturated heterocycles. The molecule has 0 aromatic heterocycles. The number of piperidine rings is 2. The van der Waals surface area contributed by atoms with Gasteiger partial charge in [0.2, 0.25) is 0 Å². The van der Waals surface area contributed by atoms with E-state index in [9.17, 15) is 9.59 Å². The van der Waals surface area contributed by atoms with Crippen molar-refractivity contribution in [3.8, 4) is 35.8 Å². The van der Waals surface area contributed by atoms with Crippen molar-refractivity contribution < 1.29 is 19.1 Å². The predicted molar refractivity (Wildman–Crippen MR) is 141 cm³/mol. The predicted octanol–water partition coefficient (Wildman–Crippen LogP) is 2.86. The Morgan fingerprint density at radius 1 is 0.789 bits per heavy atom. The zero-order chi connectivity index (χ0) is 27.2. The summed E-state index contributed by atoms with van der Waals surface area (Å²) < 4.78 is 10.6. The standard InChI is InChI=1S/C30H38N4O4/c1-2-29(35)37-15-3-4-16-38-30(36)28-17-22(5-6-23-9-13-26(18-31)33-20-23)7-11-25(28)12-8-24-10-14-27(19-32)34-21-24/h2,22-28,33-34H,1,3-4,7,9-11,13-17,20-21H2. The summed E-state index contributed by atoms with van der Waals surface area (Å²) in [6, 6.07) is 4.33. The largest absolute Gasteiger partial charge is 0.465 e. The Balaban J connectivity index is 1.56. The SMILES string of the molecule is C=CC(=O)OCCCCOC(=O)C1CC(C#CC2CCC(C#N)NC2)CCC1C#CC1CCC(C#N)NC1. The van der Waals surface area contributed by atoms with Crippen molar-refractivity contribution >= 4 is 11.9 Å². The van der Waals surface area contributed by atoms with Gasteiger partial charge in [-0.2, -0.15) is 10.5 Å². The van der Waals surface area contributed by atoms with Crippen LogP contribution in [-0.2, 0) is 19.1 Å². The molecule has 7 atom stereocenters. The van der Waals surface area contributed by atoms with Crippen LogP contribution in [0, 0.1) is 75.9 Å². The van der Waals surface area contributed by atoms with Gasteiger partial charge >= 0.3 is 11.9 Å². The van der Waals surface area contributed by atoms with Crippen molar-refractivity contribution in [1.82, 2.24) is 10.6 Å². The summed E-state index contributed by atoms with van der Waals surface area (Å²) in [7, 11) is 0. The van der Waals surface area contributed by atoms with Crippen molar-refractivity contribution in [1.29, 1.82) is 10.5 Å². The summed E-state index contributed by atoms with van der Waals surface area (Å²) in [6.45, 7) is 5.32. The zero-order valence-electron chi connectivity index (χ0n) is 22.0. The van der Waals surface area contributed by atoms with Crippen molar-refractivity contribution in [2.24, 2.45) is 29.6 Å². The van der Waals surface area contributed by atoms with Crippen LogP contribution < -0.4 is 10.6 Å². The Labute approximate surface area is 226 Å². The maximum absolute atomic E-state index is 13.1. The van der Waals surface area contributed by atoms with Gasteiger partial charge in [-0.1, -0.05) is 30.3 Å². The fourth-order valence-corrected chi connectivity index (χ4v) is 5.09. The Morgan fingerprint density at radius 3 is 1.89 bits per heavy atom. The van der Waals surface area contributed by atoms with E-state index in [0.717, 1.165) is 51.1 Å². The number of hydrogen-bond acceptors (Lipinski definition) is 8. The third-order valence-electron chi connectivity index (χ3n) is 7.45. The number of rotatable bonds is 7. The second kappa shape index (κ2) is 15.8. The number of nitrogens with zero attached hydrogens (tertiary/aromatic N) is 2. The normalized spacial score (nSPS) is 30.5. The van der Waals surface area contributed by atoms with Crippen LogP contribution in [0.4, 0.5) is 0 Å². The lowest BCUT2D eigenvalue weighted by Crippen LogP contribution is -2.37. The van der Waals surface area contributed by atoms with Gasteiger partial charge < -0.3 is 20.1 Å². The highest BCUT2D eigenvalue weighted by atomic mass is 16.5. The Hall–Kier alpha value is -3.30. The first-order chi connectivity index (χ1) is 18.5. The monoisotopic (exact) mass is 518 g/mol. The summed E-state index contributed by atoms with van der Waals surface area (Å²) in [6.07, 6.45) is 8.05. The van der Waals surface area contributed by atoms with E-state index < -0.39 is 5.97 Å². The van der Waals surface area contributed by atoms with Gasteiger partial charge in [-0.3, -0.25) is 4.79 Å². The summed E-state index contributed by atoms with van der Waals surface area (Å²) in [5, 5.41) is 24.6. The highest BCUT2D eigenvalue weighted by molar-refractivity contribution is 5.81. The fraction of sp³-hybridized carbons (Fsp3) is 0.667. The van der Waals surface area contributed by atoms with E-state index in [-0.39, 0.29) is 60.9 Å². The molecule has 2 aliphatic heterocycles. The molecule has 0 spiro atoms. The number of nitriles is 2. The van der Waals surface area contributed by atoms with Crippen LogP contribution in [-0.4, -0.2) is 50.3 Å². The molecule has 3 aliphatic rings. The second-order valence-corrected chi connectivity index (χ2v) is 10.3. The molecule has 8 nitrogen and oxygen atoms in total. The van der Waals surface area contributed by atoms with Gasteiger partial charge in [-0.05, 0) is 57.8 Å². The quantitative estimate of drug-likeness (QED) is 0.228. The molecular formula is C30H38N4O4. The summed E-state index contributed by atoms with van der Waals surface area (Å²) >= 11 is 0. The molecule has 0 amide bonds. The second-order valence-electron chi connectivity index (χ2n) is 10.3. The number of ether oxygens (including phenoxy) is 2. The number of carbonyl (C=O) groups is 2. The van der Waals surface area contributed by atoms with Crippen molar-refractivity contribution in [3.63, 3.8) is 0 Å². The topological polar surface area (TPSA) is 124 Å². The average Bonchev–Trinajstić information content (AvgIpc) is 2.97. The Bertz CT molecular complexity index is 1020. The van der Waals surface area contributed by atoms with Crippen LogP contribution in [0.15, 0.2) is 12.7 Å². The molecule has 1 aliphatic carbocycles. The van der Waals surface area contributed by atoms with Crippen LogP contribution >= 0.6 is 0 Å². The van der Waals surface area contributed by atoms with E-state index in [2.05, 4.69) is 53.0 Å². The molecular weight excluding hydrogens is 480 g/mol. The lowest BCUT2D eigenvalue weighted by Gasteiger charge is -2.30. The molecule has 8 heteroatoms. The minimum atomic E-state index is -0.456. The van der Waals surface area contributed by atoms with Crippen LogP contribution in [0.1, 0.15) is 57.8 Å². The Morgan fingerprint density at radius 2 is 1.34 bits per heavy atom. The van der Waals surface area contributed by atoms with Gasteiger partial charge in [0.15, 0.2) is 0 Å². The van der Waals surface area contributed by atoms with Crippen molar-refractivity contribution in [2.45, 2.75) is 69.9 Å². The molecule has 3 fully saturated rings. The number of carbonyl (C=O) groups excluding carboxylic acids is 2. The van der Waals surface area contributed by atoms with E-state index in [0.29, 0.717) is 25.8 Å². The van der Waals surface area contributed by atoms with E-state index in [4.69, 9.17) is 20.0 Å². The maximum atomic E-state index is 13.1. The molecule has 1 saturated carbocycles. The molecule has 0 aromatic carbocycles. The van der Waals surface area contributed by atoms with Crippen LogP contribution in [0.3, 0.4) is 0 Å². The number of hydrogen-bond donors (Lipinski definition) is 2. The molecule has 38 heavy (non-hydrogen) atoms. The zero-order valence-corrected chi connectivity index (χ0v) is 22.0. The van der Waals surface area contributed by atoms with E-state index in [1.807, 2.05) is 0 Å². The van der Waals surface area contributed by atoms with Gasteiger partial charge in [0.25, 0.3) is 0 Å². The van der Waals surface area contributed by atoms with Gasteiger partial charge in [-0.25, -0.2) is 4.79 Å². The fourth-order valence-electron chi connectivity index (χ4n) is 5.09. The minimum absolute atomic E-state index is 0.0736. The van der Waals surface area contributed by atoms with Crippen molar-refractivity contribution in [2.75, 3.05) is 26.3 Å². The molecule has 2 N–H and O–H groups in total. The Kier molecular flexibility index (Phi) is 12.2. The van der Waals surface area contributed by atoms with Crippen LogP contribution in [0.5, 0.6) is 0 Å². The molecule has 0 aromatic rings. The van der Waals surface area contributed by atoms with Crippen LogP contribution in [0.25, 0.3) is 0 Å². The van der Waals surface area contributed by atoms with Gasteiger partial charge in [0, 0.05) is 42.8 Å². The summed E-state index contributed by atoms with van der Waals surface area (Å²) in [5.74, 6) is 13.0. The summed E-state index contributed by atoms with van der Waals surface area (Å²) in [5.41, 5.74) is 0. The number of unbranched alkanes of at least 4 members (excludes halogenated alkanes) is 1. The summed E-state index contributed by atoms with van der Waals surface area (Å²) in [4.78, 5) is 24.3. The third-order valence-corrected chi connectivity index (χ3v) is 7.45. The van der Waals surface area contributed by atoms with Crippen molar-refractivity contribution in [3.05, 3.63) is 12.7 Å². The average molecular weight is 519 g/mol. The lowest BCUT2D eigenvalue weighted by atomic mass is 9.74. The molecule has 7 unspecified atom stereocenters. The first-order valence-electron chi connectivity index (χ1n) is 13.8. The highest BCUT2D eigenvalue weighted by Crippen LogP contribution is 2.35. The van der Waals surface area contributed by atoms with Gasteiger partial charge in [0.05, 0.1) is 43.4 Å². The number of nitrogens with one attached hydrogen (secondary N) is 2. The number of esters is 2. The third kappa shape index (κ3) is 9.54. The van der Waals surface area contributed by atoms with E-state index in [1.54, 1.807) is 0 Å². The van der Waals surface area contributed by atoms with Gasteiger partial charge in [0.1, 0.15) is 0 Å². The van der Waals surface area contributed by atoms with Gasteiger partial charge in [-0.15, -0.1) is 0 Å². The molecule has 202 valence electrons. The smallest absolute Gasteiger partial charge is 0.330 e. The van der Waals surface area contributed by atoms with E-state index >= 15 is 0 Å². The first kappa shape index (κ1) is 29.3. The molecule has 3 rings (SSSR count). The lowest BCUT2D eigenvalue weighted by molar-refractivity contribution is -0.151. The van der Waals surface area contributed by atoms with Crippen LogP contribution in [0.2, 0.25) is 0 Å². The molecule has 0 radical (unpaired) electrons. The molecule has 0 bridgehead atoms. The highest BCUT2D eigenvalue weighted by Gasteiger charge is 2.35. The first-order valence-corrected chi connectivity index (χ1v) is 13.8. The minimum Gasteiger partial charge on any atom is -0.465 e. The molecule has 2 heterocycles. The maximum Gasteiger partial charge on any atom is 0.330 e. The van der Waals surface area contributed by atoms with E-state index in [1.165, 1.54) is 0 Å².